The van der Waals surface area contributed by atoms with Crippen LogP contribution < -0.4 is 10.2 Å². The van der Waals surface area contributed by atoms with Crippen LogP contribution in [0.2, 0.25) is 0 Å². The minimum absolute atomic E-state index is 0.176. The molecule has 0 aromatic heterocycles. The molecule has 0 aliphatic rings. The van der Waals surface area contributed by atoms with Crippen LogP contribution in [0.5, 0.6) is 0 Å². The van der Waals surface area contributed by atoms with Crippen LogP contribution in [0.4, 0.5) is 10.1 Å². The summed E-state index contributed by atoms with van der Waals surface area (Å²) in [5.41, 5.74) is 1.09. The van der Waals surface area contributed by atoms with Crippen molar-refractivity contribution in [1.82, 2.24) is 5.32 Å². The summed E-state index contributed by atoms with van der Waals surface area (Å²) in [6.07, 6.45) is 1.21. The van der Waals surface area contributed by atoms with Crippen molar-refractivity contribution < 1.29 is 4.39 Å². The second-order valence-electron chi connectivity index (χ2n) is 4.99. The van der Waals surface area contributed by atoms with Crippen molar-refractivity contribution in [3.05, 3.63) is 30.1 Å². The molecule has 1 aromatic rings. The van der Waals surface area contributed by atoms with Crippen molar-refractivity contribution in [1.29, 1.82) is 0 Å². The SMILES string of the molecule is CCN(CCNCCC(C)C)c1ccc(F)cc1. The van der Waals surface area contributed by atoms with Crippen molar-refractivity contribution in [3.63, 3.8) is 0 Å². The van der Waals surface area contributed by atoms with Crippen molar-refractivity contribution in [2.24, 2.45) is 5.92 Å². The van der Waals surface area contributed by atoms with Gasteiger partial charge >= 0.3 is 0 Å². The van der Waals surface area contributed by atoms with Crippen molar-refractivity contribution in [2.75, 3.05) is 31.1 Å². The maximum atomic E-state index is 12.9. The molecule has 0 aliphatic carbocycles. The number of rotatable bonds is 8. The lowest BCUT2D eigenvalue weighted by molar-refractivity contribution is 0.537. The maximum absolute atomic E-state index is 12.9. The molecule has 0 bridgehead atoms. The first-order valence-corrected chi connectivity index (χ1v) is 6.84. The Kier molecular flexibility index (Phi) is 6.73. The van der Waals surface area contributed by atoms with E-state index in [4.69, 9.17) is 0 Å². The Balaban J connectivity index is 2.31. The summed E-state index contributed by atoms with van der Waals surface area (Å²) in [7, 11) is 0. The van der Waals surface area contributed by atoms with Gasteiger partial charge in [-0.05, 0) is 50.1 Å². The molecule has 0 unspecified atom stereocenters. The van der Waals surface area contributed by atoms with Crippen LogP contribution in [0.1, 0.15) is 27.2 Å². The average molecular weight is 252 g/mol. The first-order valence-electron chi connectivity index (χ1n) is 6.84. The summed E-state index contributed by atoms with van der Waals surface area (Å²) in [5, 5.41) is 3.45. The Hall–Kier alpha value is -1.09. The van der Waals surface area contributed by atoms with Crippen molar-refractivity contribution >= 4 is 5.69 Å². The fraction of sp³-hybridized carbons (Fsp3) is 0.600. The minimum Gasteiger partial charge on any atom is -0.371 e. The van der Waals surface area contributed by atoms with Crippen LogP contribution in [0.25, 0.3) is 0 Å². The van der Waals surface area contributed by atoms with Gasteiger partial charge in [-0.15, -0.1) is 0 Å². The van der Waals surface area contributed by atoms with Gasteiger partial charge in [-0.1, -0.05) is 13.8 Å². The third-order valence-electron chi connectivity index (χ3n) is 3.03. The van der Waals surface area contributed by atoms with E-state index in [2.05, 4.69) is 31.0 Å². The normalized spacial score (nSPS) is 10.9. The number of nitrogens with one attached hydrogen (secondary N) is 1. The number of hydrogen-bond acceptors (Lipinski definition) is 2. The lowest BCUT2D eigenvalue weighted by Gasteiger charge is -2.23. The molecule has 0 saturated carbocycles. The van der Waals surface area contributed by atoms with Gasteiger partial charge in [0.15, 0.2) is 0 Å². The number of halogens is 1. The zero-order chi connectivity index (χ0) is 13.4. The highest BCUT2D eigenvalue weighted by Crippen LogP contribution is 2.13. The molecular weight excluding hydrogens is 227 g/mol. The molecule has 0 saturated heterocycles. The van der Waals surface area contributed by atoms with E-state index in [-0.39, 0.29) is 5.82 Å². The number of likely N-dealkylation sites (N-methyl/N-ethyl adjacent to an activating group) is 1. The van der Waals surface area contributed by atoms with E-state index >= 15 is 0 Å². The Morgan fingerprint density at radius 3 is 2.39 bits per heavy atom. The Morgan fingerprint density at radius 1 is 1.17 bits per heavy atom. The van der Waals surface area contributed by atoms with Crippen LogP contribution in [0.3, 0.4) is 0 Å². The molecule has 1 rings (SSSR count). The number of hydrogen-bond donors (Lipinski definition) is 1. The van der Waals surface area contributed by atoms with Crippen LogP contribution in [0.15, 0.2) is 24.3 Å². The van der Waals surface area contributed by atoms with E-state index in [1.165, 1.54) is 18.6 Å². The zero-order valence-electron chi connectivity index (χ0n) is 11.7. The Bertz CT molecular complexity index is 322. The fourth-order valence-corrected chi connectivity index (χ4v) is 1.85. The third-order valence-corrected chi connectivity index (χ3v) is 3.03. The molecule has 1 aromatic carbocycles. The highest BCUT2D eigenvalue weighted by molar-refractivity contribution is 5.46. The minimum atomic E-state index is -0.176. The van der Waals surface area contributed by atoms with Gasteiger partial charge in [0.25, 0.3) is 0 Å². The van der Waals surface area contributed by atoms with E-state index in [9.17, 15) is 4.39 Å². The summed E-state index contributed by atoms with van der Waals surface area (Å²) in [6.45, 7) is 10.5. The van der Waals surface area contributed by atoms with Gasteiger partial charge in [0, 0.05) is 25.3 Å². The quantitative estimate of drug-likeness (QED) is 0.714. The first-order chi connectivity index (χ1) is 8.63. The number of nitrogens with zero attached hydrogens (tertiary/aromatic N) is 1. The molecule has 18 heavy (non-hydrogen) atoms. The molecule has 0 fully saturated rings. The van der Waals surface area contributed by atoms with Gasteiger partial charge < -0.3 is 10.2 Å². The monoisotopic (exact) mass is 252 g/mol. The highest BCUT2D eigenvalue weighted by atomic mass is 19.1. The van der Waals surface area contributed by atoms with Crippen LogP contribution in [-0.2, 0) is 0 Å². The summed E-state index contributed by atoms with van der Waals surface area (Å²) in [6, 6.07) is 6.72. The second kappa shape index (κ2) is 8.09. The van der Waals surface area contributed by atoms with E-state index in [0.29, 0.717) is 0 Å². The second-order valence-corrected chi connectivity index (χ2v) is 4.99. The molecule has 0 aliphatic heterocycles. The Labute approximate surface area is 110 Å². The Morgan fingerprint density at radius 2 is 1.83 bits per heavy atom. The van der Waals surface area contributed by atoms with Crippen LogP contribution in [0, 0.1) is 11.7 Å². The predicted molar refractivity (Wildman–Crippen MR) is 76.6 cm³/mol. The van der Waals surface area contributed by atoms with E-state index in [0.717, 1.165) is 37.8 Å². The van der Waals surface area contributed by atoms with Crippen LogP contribution >= 0.6 is 0 Å². The number of benzene rings is 1. The van der Waals surface area contributed by atoms with Gasteiger partial charge in [-0.2, -0.15) is 0 Å². The summed E-state index contributed by atoms with van der Waals surface area (Å²) < 4.78 is 12.9. The summed E-state index contributed by atoms with van der Waals surface area (Å²) in [5.74, 6) is 0.571. The summed E-state index contributed by atoms with van der Waals surface area (Å²) >= 11 is 0. The first kappa shape index (κ1) is 15.0. The predicted octanol–water partition coefficient (Wildman–Crippen LogP) is 3.29. The lowest BCUT2D eigenvalue weighted by atomic mass is 10.1. The van der Waals surface area contributed by atoms with E-state index in [1.54, 1.807) is 0 Å². The topological polar surface area (TPSA) is 15.3 Å². The molecule has 0 atom stereocenters. The molecule has 2 nitrogen and oxygen atoms in total. The molecule has 0 amide bonds. The van der Waals surface area contributed by atoms with Gasteiger partial charge in [0.05, 0.1) is 0 Å². The van der Waals surface area contributed by atoms with Crippen molar-refractivity contribution in [3.8, 4) is 0 Å². The molecule has 102 valence electrons. The molecule has 1 N–H and O–H groups in total. The van der Waals surface area contributed by atoms with E-state index in [1.807, 2.05) is 12.1 Å². The molecular formula is C15H25FN2. The average Bonchev–Trinajstić information content (AvgIpc) is 2.35. The molecule has 0 radical (unpaired) electrons. The smallest absolute Gasteiger partial charge is 0.123 e. The van der Waals surface area contributed by atoms with Gasteiger partial charge in [0.1, 0.15) is 5.82 Å². The standard InChI is InChI=1S/C15H25FN2/c1-4-18(12-11-17-10-9-13(2)3)15-7-5-14(16)6-8-15/h5-8,13,17H,4,9-12H2,1-3H3. The largest absolute Gasteiger partial charge is 0.371 e. The third kappa shape index (κ3) is 5.50. The van der Waals surface area contributed by atoms with Crippen molar-refractivity contribution in [2.45, 2.75) is 27.2 Å². The molecule has 3 heteroatoms. The fourth-order valence-electron chi connectivity index (χ4n) is 1.85. The molecule has 0 spiro atoms. The summed E-state index contributed by atoms with van der Waals surface area (Å²) in [4.78, 5) is 2.25. The zero-order valence-corrected chi connectivity index (χ0v) is 11.7. The van der Waals surface area contributed by atoms with Crippen LogP contribution in [-0.4, -0.2) is 26.2 Å². The van der Waals surface area contributed by atoms with Gasteiger partial charge in [-0.3, -0.25) is 0 Å². The van der Waals surface area contributed by atoms with Gasteiger partial charge in [0.2, 0.25) is 0 Å². The van der Waals surface area contributed by atoms with E-state index < -0.39 is 0 Å². The lowest BCUT2D eigenvalue weighted by Crippen LogP contribution is -2.32. The number of anilines is 1. The highest BCUT2D eigenvalue weighted by Gasteiger charge is 2.03. The maximum Gasteiger partial charge on any atom is 0.123 e. The molecule has 0 heterocycles. The van der Waals surface area contributed by atoms with Gasteiger partial charge in [-0.25, -0.2) is 4.39 Å².